The molecule has 1 heterocycles. The molecule has 1 aromatic carbocycles. The standard InChI is InChI=1S/C17H25Cl2N3O2/c1-12(14-5-4-13(18)10-15(14)19)22-16(20-2)21-11-17(23-3)6-8-24-9-7-17/h4-5,10,12H,6-9,11H2,1-3H3,(H2,20,21,22). The lowest BCUT2D eigenvalue weighted by molar-refractivity contribution is -0.0855. The van der Waals surface area contributed by atoms with Crippen molar-refractivity contribution in [1.29, 1.82) is 0 Å². The van der Waals surface area contributed by atoms with Crippen LogP contribution in [0.2, 0.25) is 10.0 Å². The Kier molecular flexibility index (Phi) is 7.16. The molecule has 2 N–H and O–H groups in total. The predicted molar refractivity (Wildman–Crippen MR) is 99.2 cm³/mol. The van der Waals surface area contributed by atoms with Crippen molar-refractivity contribution in [1.82, 2.24) is 10.6 Å². The summed E-state index contributed by atoms with van der Waals surface area (Å²) < 4.78 is 11.2. The number of ether oxygens (including phenoxy) is 2. The zero-order valence-corrected chi connectivity index (χ0v) is 15.9. The molecule has 5 nitrogen and oxygen atoms in total. The molecule has 1 atom stereocenters. The first-order valence-corrected chi connectivity index (χ1v) is 8.80. The molecule has 1 aliphatic rings. The van der Waals surface area contributed by atoms with Crippen LogP contribution in [0.1, 0.15) is 31.4 Å². The second-order valence-electron chi connectivity index (χ2n) is 5.96. The number of hydrogen-bond donors (Lipinski definition) is 2. The highest BCUT2D eigenvalue weighted by molar-refractivity contribution is 6.35. The predicted octanol–water partition coefficient (Wildman–Crippen LogP) is 3.42. The number of nitrogens with one attached hydrogen (secondary N) is 2. The maximum atomic E-state index is 6.28. The van der Waals surface area contributed by atoms with E-state index < -0.39 is 0 Å². The fourth-order valence-corrected chi connectivity index (χ4v) is 3.34. The number of methoxy groups -OCH3 is 1. The molecule has 2 rings (SSSR count). The summed E-state index contributed by atoms with van der Waals surface area (Å²) in [6.45, 7) is 4.15. The molecule has 0 radical (unpaired) electrons. The van der Waals surface area contributed by atoms with Crippen LogP contribution in [0.25, 0.3) is 0 Å². The second-order valence-corrected chi connectivity index (χ2v) is 6.80. The van der Waals surface area contributed by atoms with E-state index in [0.29, 0.717) is 22.5 Å². The molecule has 1 fully saturated rings. The van der Waals surface area contributed by atoms with Crippen molar-refractivity contribution in [2.75, 3.05) is 33.9 Å². The van der Waals surface area contributed by atoms with Crippen LogP contribution in [0, 0.1) is 0 Å². The molecule has 0 aliphatic carbocycles. The third kappa shape index (κ3) is 4.99. The highest BCUT2D eigenvalue weighted by atomic mass is 35.5. The van der Waals surface area contributed by atoms with Gasteiger partial charge in [0.25, 0.3) is 0 Å². The molecule has 0 saturated carbocycles. The van der Waals surface area contributed by atoms with Gasteiger partial charge in [-0.25, -0.2) is 0 Å². The molecule has 0 spiro atoms. The zero-order chi connectivity index (χ0) is 17.6. The van der Waals surface area contributed by atoms with E-state index in [1.807, 2.05) is 19.1 Å². The van der Waals surface area contributed by atoms with Crippen molar-refractivity contribution < 1.29 is 9.47 Å². The fourth-order valence-electron chi connectivity index (χ4n) is 2.77. The summed E-state index contributed by atoms with van der Waals surface area (Å²) in [5, 5.41) is 7.96. The van der Waals surface area contributed by atoms with Gasteiger partial charge in [-0.3, -0.25) is 4.99 Å². The molecular weight excluding hydrogens is 349 g/mol. The molecule has 1 saturated heterocycles. The summed E-state index contributed by atoms with van der Waals surface area (Å²) in [5.74, 6) is 0.705. The van der Waals surface area contributed by atoms with E-state index in [-0.39, 0.29) is 11.6 Å². The third-order valence-electron chi connectivity index (χ3n) is 4.42. The molecule has 24 heavy (non-hydrogen) atoms. The Balaban J connectivity index is 1.96. The first kappa shape index (κ1) is 19.3. The third-order valence-corrected chi connectivity index (χ3v) is 4.98. The van der Waals surface area contributed by atoms with E-state index in [1.54, 1.807) is 20.2 Å². The highest BCUT2D eigenvalue weighted by Crippen LogP contribution is 2.26. The Morgan fingerprint density at radius 1 is 1.38 bits per heavy atom. The van der Waals surface area contributed by atoms with Gasteiger partial charge in [0.15, 0.2) is 5.96 Å². The maximum absolute atomic E-state index is 6.28. The van der Waals surface area contributed by atoms with Crippen LogP contribution in [-0.2, 0) is 9.47 Å². The molecule has 0 amide bonds. The average Bonchev–Trinajstić information content (AvgIpc) is 2.59. The topological polar surface area (TPSA) is 54.9 Å². The number of guanidine groups is 1. The fraction of sp³-hybridized carbons (Fsp3) is 0.588. The Morgan fingerprint density at radius 2 is 2.08 bits per heavy atom. The Hall–Kier alpha value is -1.01. The Labute approximate surface area is 153 Å². The van der Waals surface area contributed by atoms with Gasteiger partial charge in [-0.2, -0.15) is 0 Å². The van der Waals surface area contributed by atoms with Gasteiger partial charge in [-0.1, -0.05) is 29.3 Å². The van der Waals surface area contributed by atoms with Crippen molar-refractivity contribution in [3.8, 4) is 0 Å². The molecule has 1 aromatic rings. The van der Waals surface area contributed by atoms with E-state index in [1.165, 1.54) is 0 Å². The van der Waals surface area contributed by atoms with Gasteiger partial charge < -0.3 is 20.1 Å². The molecule has 0 aromatic heterocycles. The smallest absolute Gasteiger partial charge is 0.191 e. The van der Waals surface area contributed by atoms with Crippen LogP contribution in [0.4, 0.5) is 0 Å². The summed E-state index contributed by atoms with van der Waals surface area (Å²) >= 11 is 12.2. The lowest BCUT2D eigenvalue weighted by Crippen LogP contribution is -2.51. The van der Waals surface area contributed by atoms with E-state index in [9.17, 15) is 0 Å². The minimum absolute atomic E-state index is 0.00542. The monoisotopic (exact) mass is 373 g/mol. The summed E-state index contributed by atoms with van der Waals surface area (Å²) in [7, 11) is 3.49. The Bertz CT molecular complexity index is 575. The number of hydrogen-bond acceptors (Lipinski definition) is 3. The first-order valence-electron chi connectivity index (χ1n) is 8.05. The van der Waals surface area contributed by atoms with Crippen LogP contribution in [0.15, 0.2) is 23.2 Å². The molecular formula is C17H25Cl2N3O2. The molecule has 7 heteroatoms. The summed E-state index contributed by atoms with van der Waals surface area (Å²) in [5.41, 5.74) is 0.758. The highest BCUT2D eigenvalue weighted by Gasteiger charge is 2.32. The summed E-state index contributed by atoms with van der Waals surface area (Å²) in [6.07, 6.45) is 1.73. The van der Waals surface area contributed by atoms with Crippen molar-refractivity contribution >= 4 is 29.2 Å². The van der Waals surface area contributed by atoms with Crippen LogP contribution >= 0.6 is 23.2 Å². The number of rotatable bonds is 5. The van der Waals surface area contributed by atoms with Crippen molar-refractivity contribution in [2.45, 2.75) is 31.4 Å². The van der Waals surface area contributed by atoms with Gasteiger partial charge >= 0.3 is 0 Å². The lowest BCUT2D eigenvalue weighted by Gasteiger charge is -2.36. The van der Waals surface area contributed by atoms with Crippen LogP contribution in [0.5, 0.6) is 0 Å². The van der Waals surface area contributed by atoms with Gasteiger partial charge in [-0.05, 0) is 24.6 Å². The SMILES string of the molecule is CN=C(NCC1(OC)CCOCC1)NC(C)c1ccc(Cl)cc1Cl. The zero-order valence-electron chi connectivity index (χ0n) is 14.4. The van der Waals surface area contributed by atoms with Crippen LogP contribution < -0.4 is 10.6 Å². The van der Waals surface area contributed by atoms with E-state index >= 15 is 0 Å². The molecule has 1 unspecified atom stereocenters. The normalized spacial score (nSPS) is 19.0. The van der Waals surface area contributed by atoms with Gasteiger partial charge in [0.2, 0.25) is 0 Å². The molecule has 134 valence electrons. The lowest BCUT2D eigenvalue weighted by atomic mass is 9.94. The van der Waals surface area contributed by atoms with Crippen LogP contribution in [-0.4, -0.2) is 45.5 Å². The quantitative estimate of drug-likeness (QED) is 0.613. The van der Waals surface area contributed by atoms with E-state index in [4.69, 9.17) is 32.7 Å². The van der Waals surface area contributed by atoms with Crippen molar-refractivity contribution in [3.63, 3.8) is 0 Å². The van der Waals surface area contributed by atoms with E-state index in [0.717, 1.165) is 31.6 Å². The second kappa shape index (κ2) is 8.90. The average molecular weight is 374 g/mol. The van der Waals surface area contributed by atoms with Gasteiger partial charge in [0.1, 0.15) is 0 Å². The minimum Gasteiger partial charge on any atom is -0.381 e. The minimum atomic E-state index is -0.211. The number of nitrogens with zero attached hydrogens (tertiary/aromatic N) is 1. The van der Waals surface area contributed by atoms with Gasteiger partial charge in [0, 0.05) is 56.8 Å². The van der Waals surface area contributed by atoms with Crippen molar-refractivity contribution in [3.05, 3.63) is 33.8 Å². The number of halogens is 2. The van der Waals surface area contributed by atoms with E-state index in [2.05, 4.69) is 15.6 Å². The largest absolute Gasteiger partial charge is 0.381 e. The maximum Gasteiger partial charge on any atom is 0.191 e. The summed E-state index contributed by atoms with van der Waals surface area (Å²) in [6, 6.07) is 5.49. The molecule has 0 bridgehead atoms. The van der Waals surface area contributed by atoms with Gasteiger partial charge in [-0.15, -0.1) is 0 Å². The number of aliphatic imine (C=N–C) groups is 1. The van der Waals surface area contributed by atoms with Crippen molar-refractivity contribution in [2.24, 2.45) is 4.99 Å². The summed E-state index contributed by atoms with van der Waals surface area (Å²) in [4.78, 5) is 4.29. The van der Waals surface area contributed by atoms with Gasteiger partial charge in [0.05, 0.1) is 11.6 Å². The number of benzene rings is 1. The first-order chi connectivity index (χ1) is 11.5. The van der Waals surface area contributed by atoms with Crippen LogP contribution in [0.3, 0.4) is 0 Å². The molecule has 1 aliphatic heterocycles. The Morgan fingerprint density at radius 3 is 2.67 bits per heavy atom.